The summed E-state index contributed by atoms with van der Waals surface area (Å²) in [7, 11) is 0. The fourth-order valence-corrected chi connectivity index (χ4v) is 2.19. The first-order chi connectivity index (χ1) is 6.68. The zero-order valence-electron chi connectivity index (χ0n) is 7.90. The molecule has 1 fully saturated rings. The van der Waals surface area contributed by atoms with Crippen LogP contribution in [0.25, 0.3) is 0 Å². The maximum atomic E-state index is 10.6. The van der Waals surface area contributed by atoms with Gasteiger partial charge in [-0.3, -0.25) is 0 Å². The Hall–Kier alpha value is -0.0926. The number of carboxylic acid groups (broad SMARTS) is 1. The molecule has 0 atom stereocenters. The number of rotatable bonds is 2. The zero-order chi connectivity index (χ0) is 10.1. The summed E-state index contributed by atoms with van der Waals surface area (Å²) in [5, 5.41) is 8.76. The van der Waals surface area contributed by atoms with Crippen LogP contribution in [0.15, 0.2) is 0 Å². The average molecular weight is 243 g/mol. The first kappa shape index (κ1) is 13.0. The van der Waals surface area contributed by atoms with Crippen LogP contribution in [-0.2, 0) is 9.47 Å². The van der Waals surface area contributed by atoms with E-state index in [-0.39, 0.29) is 29.0 Å². The quantitative estimate of drug-likeness (QED) is 0.788. The molecule has 0 bridgehead atoms. The Labute approximate surface area is 107 Å². The monoisotopic (exact) mass is 242 g/mol. The van der Waals surface area contributed by atoms with Crippen molar-refractivity contribution in [3.63, 3.8) is 0 Å². The molecular formula is C7H6ClLiNO4S. The van der Waals surface area contributed by atoms with Crippen LogP contribution in [0.1, 0.15) is 21.0 Å². The van der Waals surface area contributed by atoms with E-state index in [1.807, 2.05) is 0 Å². The summed E-state index contributed by atoms with van der Waals surface area (Å²) in [6.07, 6.45) is -0.562. The second-order valence-electron chi connectivity index (χ2n) is 2.55. The number of nitrogens with zero attached hydrogens (tertiary/aromatic N) is 1. The van der Waals surface area contributed by atoms with Crippen LogP contribution in [0, 0.1) is 0 Å². The van der Waals surface area contributed by atoms with Crippen molar-refractivity contribution in [2.45, 2.75) is 6.29 Å². The minimum absolute atomic E-state index is 0. The largest absolute Gasteiger partial charge is 0.476 e. The predicted molar refractivity (Wildman–Crippen MR) is 54.5 cm³/mol. The van der Waals surface area contributed by atoms with Crippen LogP contribution in [-0.4, -0.2) is 48.1 Å². The first-order valence-corrected chi connectivity index (χ1v) is 5.00. The van der Waals surface area contributed by atoms with Crippen molar-refractivity contribution in [1.29, 1.82) is 0 Å². The number of hydrogen-bond donors (Lipinski definition) is 1. The van der Waals surface area contributed by atoms with Gasteiger partial charge in [0.1, 0.15) is 10.0 Å². The molecule has 2 rings (SSSR count). The molecule has 1 aromatic rings. The van der Waals surface area contributed by atoms with Crippen LogP contribution in [0.4, 0.5) is 0 Å². The summed E-state index contributed by atoms with van der Waals surface area (Å²) in [5.41, 5.74) is 0. The summed E-state index contributed by atoms with van der Waals surface area (Å²) in [6.45, 7) is 0.975. The molecule has 5 nitrogen and oxygen atoms in total. The van der Waals surface area contributed by atoms with Gasteiger partial charge < -0.3 is 14.6 Å². The van der Waals surface area contributed by atoms with Gasteiger partial charge in [0.15, 0.2) is 6.29 Å². The average Bonchev–Trinajstić information content (AvgIpc) is 2.71. The minimum atomic E-state index is -1.10. The molecule has 1 aromatic heterocycles. The van der Waals surface area contributed by atoms with E-state index < -0.39 is 12.3 Å². The fourth-order valence-electron chi connectivity index (χ4n) is 1.06. The maximum Gasteiger partial charge on any atom is 0.365 e. The van der Waals surface area contributed by atoms with E-state index in [9.17, 15) is 4.79 Å². The fraction of sp³-hybridized carbons (Fsp3) is 0.429. The van der Waals surface area contributed by atoms with E-state index in [4.69, 9.17) is 26.2 Å². The SMILES string of the molecule is O=C(O)c1nc(Cl)c(C2OCCO2)s1.[Li]. The van der Waals surface area contributed by atoms with Gasteiger partial charge in [-0.2, -0.15) is 0 Å². The predicted octanol–water partition coefficient (Wildman–Crippen LogP) is 1.16. The van der Waals surface area contributed by atoms with E-state index in [1.165, 1.54) is 0 Å². The Morgan fingerprint density at radius 2 is 2.13 bits per heavy atom. The van der Waals surface area contributed by atoms with Crippen LogP contribution in [0.3, 0.4) is 0 Å². The Morgan fingerprint density at radius 1 is 1.53 bits per heavy atom. The molecular weight excluding hydrogens is 237 g/mol. The van der Waals surface area contributed by atoms with Gasteiger partial charge in [0.2, 0.25) is 5.01 Å². The molecule has 77 valence electrons. The number of aromatic carboxylic acids is 1. The molecule has 15 heavy (non-hydrogen) atoms. The third kappa shape index (κ3) is 2.72. The molecule has 0 amide bonds. The van der Waals surface area contributed by atoms with E-state index in [0.717, 1.165) is 11.3 Å². The van der Waals surface area contributed by atoms with Gasteiger partial charge >= 0.3 is 5.97 Å². The molecule has 0 aliphatic carbocycles. The van der Waals surface area contributed by atoms with Crippen LogP contribution in [0.5, 0.6) is 0 Å². The number of aromatic nitrogens is 1. The van der Waals surface area contributed by atoms with E-state index >= 15 is 0 Å². The summed E-state index contributed by atoms with van der Waals surface area (Å²) in [6, 6.07) is 0. The molecule has 0 aromatic carbocycles. The number of thiazole rings is 1. The standard InChI is InChI=1S/C7H6ClNO4S.Li/c8-4-3(7-12-1-2-13-7)14-5(9-4)6(10)11;/h7H,1-2H2,(H,10,11);. The molecule has 1 aliphatic rings. The third-order valence-corrected chi connectivity index (χ3v) is 3.09. The minimum Gasteiger partial charge on any atom is -0.476 e. The second-order valence-corrected chi connectivity index (χ2v) is 3.94. The topological polar surface area (TPSA) is 68.7 Å². The smallest absolute Gasteiger partial charge is 0.365 e. The summed E-state index contributed by atoms with van der Waals surface area (Å²) >= 11 is 6.72. The van der Waals surface area contributed by atoms with Crippen molar-refractivity contribution in [2.75, 3.05) is 13.2 Å². The van der Waals surface area contributed by atoms with Gasteiger partial charge in [0.25, 0.3) is 0 Å². The number of ether oxygens (including phenoxy) is 2. The van der Waals surface area contributed by atoms with Gasteiger partial charge in [-0.05, 0) is 0 Å². The Bertz CT molecular complexity index is 366. The van der Waals surface area contributed by atoms with Crippen molar-refractivity contribution < 1.29 is 19.4 Å². The summed E-state index contributed by atoms with van der Waals surface area (Å²) in [4.78, 5) is 14.8. The van der Waals surface area contributed by atoms with Crippen molar-refractivity contribution in [1.82, 2.24) is 4.98 Å². The Balaban J connectivity index is 0.00000112. The van der Waals surface area contributed by atoms with E-state index in [0.29, 0.717) is 18.1 Å². The van der Waals surface area contributed by atoms with E-state index in [2.05, 4.69) is 4.98 Å². The molecule has 0 unspecified atom stereocenters. The van der Waals surface area contributed by atoms with E-state index in [1.54, 1.807) is 0 Å². The normalized spacial score (nSPS) is 16.3. The molecule has 8 heteroatoms. The maximum absolute atomic E-state index is 10.6. The van der Waals surface area contributed by atoms with Gasteiger partial charge in [-0.15, -0.1) is 11.3 Å². The van der Waals surface area contributed by atoms with Crippen molar-refractivity contribution in [3.8, 4) is 0 Å². The molecule has 0 saturated carbocycles. The number of hydrogen-bond acceptors (Lipinski definition) is 5. The van der Waals surface area contributed by atoms with Crippen LogP contribution < -0.4 is 0 Å². The molecule has 1 radical (unpaired) electrons. The molecule has 1 aliphatic heterocycles. The second kappa shape index (κ2) is 5.30. The number of carboxylic acids is 1. The van der Waals surface area contributed by atoms with Crippen molar-refractivity contribution in [3.05, 3.63) is 15.0 Å². The van der Waals surface area contributed by atoms with Gasteiger partial charge in [0, 0.05) is 18.9 Å². The molecule has 2 heterocycles. The molecule has 1 saturated heterocycles. The van der Waals surface area contributed by atoms with Gasteiger partial charge in [-0.1, -0.05) is 11.6 Å². The zero-order valence-corrected chi connectivity index (χ0v) is 9.47. The number of carbonyl (C=O) groups is 1. The Kier molecular flexibility index (Phi) is 4.58. The van der Waals surface area contributed by atoms with Crippen molar-refractivity contribution >= 4 is 47.8 Å². The summed E-state index contributed by atoms with van der Waals surface area (Å²) in [5.74, 6) is -1.10. The third-order valence-electron chi connectivity index (χ3n) is 1.63. The van der Waals surface area contributed by atoms with Gasteiger partial charge in [0.05, 0.1) is 13.2 Å². The molecule has 0 spiro atoms. The van der Waals surface area contributed by atoms with Crippen molar-refractivity contribution in [2.24, 2.45) is 0 Å². The van der Waals surface area contributed by atoms with Crippen LogP contribution >= 0.6 is 22.9 Å². The van der Waals surface area contributed by atoms with Gasteiger partial charge in [-0.25, -0.2) is 9.78 Å². The summed E-state index contributed by atoms with van der Waals surface area (Å²) < 4.78 is 10.4. The Morgan fingerprint density at radius 3 is 2.60 bits per heavy atom. The van der Waals surface area contributed by atoms with Crippen LogP contribution in [0.2, 0.25) is 5.15 Å². The molecule has 1 N–H and O–H groups in total. The number of halogens is 1. The first-order valence-electron chi connectivity index (χ1n) is 3.81.